The topological polar surface area (TPSA) is 17.1 Å². The number of allylic oxidation sites excluding steroid dienone is 2. The summed E-state index contributed by atoms with van der Waals surface area (Å²) in [5.41, 5.74) is 1.15. The van der Waals surface area contributed by atoms with E-state index in [1.54, 1.807) is 5.41 Å². The molecule has 0 aliphatic rings. The lowest BCUT2D eigenvalue weighted by Crippen LogP contribution is -2.19. The second kappa shape index (κ2) is 5.80. The van der Waals surface area contributed by atoms with Gasteiger partial charge in [0.25, 0.3) is 0 Å². The molecule has 0 spiro atoms. The van der Waals surface area contributed by atoms with Crippen molar-refractivity contribution in [3.05, 3.63) is 53.5 Å². The zero-order valence-corrected chi connectivity index (χ0v) is 10.8. The van der Waals surface area contributed by atoms with Crippen molar-refractivity contribution in [2.45, 2.75) is 25.5 Å². The summed E-state index contributed by atoms with van der Waals surface area (Å²) >= 11 is 0. The van der Waals surface area contributed by atoms with Crippen molar-refractivity contribution in [1.29, 1.82) is 0 Å². The van der Waals surface area contributed by atoms with Gasteiger partial charge < -0.3 is 0 Å². The van der Waals surface area contributed by atoms with Crippen LogP contribution in [0.3, 0.4) is 0 Å². The SMILES string of the molecule is CC(C)(C)S(=O)/C=C/C=C/c1ccccc1. The largest absolute Gasteiger partial charge is 0.254 e. The predicted octanol–water partition coefficient (Wildman–Crippen LogP) is 3.76. The first kappa shape index (κ1) is 12.9. The third kappa shape index (κ3) is 4.58. The van der Waals surface area contributed by atoms with E-state index in [-0.39, 0.29) is 4.75 Å². The second-order valence-corrected chi connectivity index (χ2v) is 6.60. The van der Waals surface area contributed by atoms with Crippen LogP contribution in [0.5, 0.6) is 0 Å². The normalized spacial score (nSPS) is 14.7. The third-order valence-corrected chi connectivity index (χ3v) is 3.62. The van der Waals surface area contributed by atoms with Crippen LogP contribution in [0, 0.1) is 0 Å². The van der Waals surface area contributed by atoms with Gasteiger partial charge in [-0.2, -0.15) is 0 Å². The molecule has 0 saturated carbocycles. The smallest absolute Gasteiger partial charge is 0.0510 e. The van der Waals surface area contributed by atoms with E-state index in [2.05, 4.69) is 0 Å². The molecule has 0 aliphatic carbocycles. The number of rotatable bonds is 3. The van der Waals surface area contributed by atoms with Gasteiger partial charge in [0.05, 0.1) is 10.8 Å². The van der Waals surface area contributed by atoms with Crippen LogP contribution in [0.2, 0.25) is 0 Å². The van der Waals surface area contributed by atoms with Gasteiger partial charge in [-0.1, -0.05) is 48.6 Å². The maximum Gasteiger partial charge on any atom is 0.0510 e. The van der Waals surface area contributed by atoms with Gasteiger partial charge in [0.1, 0.15) is 0 Å². The van der Waals surface area contributed by atoms with E-state index in [0.29, 0.717) is 0 Å². The van der Waals surface area contributed by atoms with E-state index < -0.39 is 10.8 Å². The molecule has 1 rings (SSSR count). The Balaban J connectivity index is 2.56. The minimum atomic E-state index is -0.927. The summed E-state index contributed by atoms with van der Waals surface area (Å²) in [5.74, 6) is 0. The molecule has 1 aromatic rings. The Morgan fingerprint density at radius 2 is 1.69 bits per heavy atom. The van der Waals surface area contributed by atoms with Crippen LogP contribution >= 0.6 is 0 Å². The molecule has 16 heavy (non-hydrogen) atoms. The molecule has 0 aliphatic heterocycles. The first-order valence-electron chi connectivity index (χ1n) is 5.31. The van der Waals surface area contributed by atoms with Gasteiger partial charge in [-0.25, -0.2) is 0 Å². The highest BCUT2D eigenvalue weighted by atomic mass is 32.2. The summed E-state index contributed by atoms with van der Waals surface area (Å²) in [7, 11) is -0.927. The quantitative estimate of drug-likeness (QED) is 0.728. The summed E-state index contributed by atoms with van der Waals surface area (Å²) in [6, 6.07) is 10.0. The molecule has 1 nitrogen and oxygen atoms in total. The fourth-order valence-corrected chi connectivity index (χ4v) is 1.69. The first-order valence-corrected chi connectivity index (χ1v) is 6.52. The van der Waals surface area contributed by atoms with Gasteiger partial charge in [-0.05, 0) is 26.3 Å². The molecule has 0 N–H and O–H groups in total. The molecular weight excluding hydrogens is 216 g/mol. The predicted molar refractivity (Wildman–Crippen MR) is 72.5 cm³/mol. The van der Waals surface area contributed by atoms with E-state index in [4.69, 9.17) is 0 Å². The average molecular weight is 234 g/mol. The molecule has 1 aromatic carbocycles. The third-order valence-electron chi connectivity index (χ3n) is 2.01. The minimum Gasteiger partial charge on any atom is -0.254 e. The van der Waals surface area contributed by atoms with Gasteiger partial charge in [-0.15, -0.1) is 0 Å². The molecule has 0 bridgehead atoms. The maximum atomic E-state index is 11.7. The van der Waals surface area contributed by atoms with Gasteiger partial charge >= 0.3 is 0 Å². The molecule has 86 valence electrons. The van der Waals surface area contributed by atoms with Crippen LogP contribution in [0.25, 0.3) is 6.08 Å². The Labute approximate surface area is 100 Å². The molecule has 2 heteroatoms. The van der Waals surface area contributed by atoms with Crippen molar-refractivity contribution < 1.29 is 4.21 Å². The molecular formula is C14H18OS. The van der Waals surface area contributed by atoms with Gasteiger partial charge in [-0.3, -0.25) is 4.21 Å². The fraction of sp³-hybridized carbons (Fsp3) is 0.286. The van der Waals surface area contributed by atoms with Crippen molar-refractivity contribution in [3.63, 3.8) is 0 Å². The molecule has 0 fully saturated rings. The Morgan fingerprint density at radius 3 is 2.25 bits per heavy atom. The maximum absolute atomic E-state index is 11.7. The van der Waals surface area contributed by atoms with E-state index in [1.165, 1.54) is 0 Å². The van der Waals surface area contributed by atoms with Crippen LogP contribution < -0.4 is 0 Å². The highest BCUT2D eigenvalue weighted by Crippen LogP contribution is 2.12. The summed E-state index contributed by atoms with van der Waals surface area (Å²) < 4.78 is 11.5. The summed E-state index contributed by atoms with van der Waals surface area (Å²) in [4.78, 5) is 0. The van der Waals surface area contributed by atoms with E-state index >= 15 is 0 Å². The average Bonchev–Trinajstić information content (AvgIpc) is 2.24. The van der Waals surface area contributed by atoms with Crippen molar-refractivity contribution in [3.8, 4) is 0 Å². The molecule has 1 unspecified atom stereocenters. The Kier molecular flexibility index (Phi) is 4.69. The summed E-state index contributed by atoms with van der Waals surface area (Å²) in [5, 5.41) is 1.74. The number of hydrogen-bond acceptors (Lipinski definition) is 1. The lowest BCUT2D eigenvalue weighted by molar-refractivity contribution is 0.656. The number of hydrogen-bond donors (Lipinski definition) is 0. The fourth-order valence-electron chi connectivity index (χ4n) is 1.05. The Morgan fingerprint density at radius 1 is 1.06 bits per heavy atom. The highest BCUT2D eigenvalue weighted by molar-refractivity contribution is 7.89. The van der Waals surface area contributed by atoms with Crippen LogP contribution in [0.1, 0.15) is 26.3 Å². The summed E-state index contributed by atoms with van der Waals surface area (Å²) in [6.45, 7) is 5.90. The molecule has 0 radical (unpaired) electrons. The van der Waals surface area contributed by atoms with Crippen LogP contribution in [-0.4, -0.2) is 8.96 Å². The standard InChI is InChI=1S/C14H18OS/c1-14(2,3)16(15)12-8-7-11-13-9-5-4-6-10-13/h4-12H,1-3H3/b11-7+,12-8+. The first-order chi connectivity index (χ1) is 7.50. The second-order valence-electron chi connectivity index (χ2n) is 4.51. The van der Waals surface area contributed by atoms with Crippen molar-refractivity contribution in [1.82, 2.24) is 0 Å². The van der Waals surface area contributed by atoms with Crippen LogP contribution in [0.4, 0.5) is 0 Å². The Bertz CT molecular complexity index is 396. The lowest BCUT2D eigenvalue weighted by Gasteiger charge is -2.13. The van der Waals surface area contributed by atoms with Gasteiger partial charge in [0.15, 0.2) is 0 Å². The van der Waals surface area contributed by atoms with Crippen molar-refractivity contribution in [2.24, 2.45) is 0 Å². The summed E-state index contributed by atoms with van der Waals surface area (Å²) in [6.07, 6.45) is 5.75. The van der Waals surface area contributed by atoms with Crippen molar-refractivity contribution >= 4 is 16.9 Å². The lowest BCUT2D eigenvalue weighted by atomic mass is 10.2. The molecule has 0 amide bonds. The minimum absolute atomic E-state index is 0.183. The number of benzene rings is 1. The zero-order valence-electron chi connectivity index (χ0n) is 10.0. The van der Waals surface area contributed by atoms with Crippen LogP contribution in [0.15, 0.2) is 47.9 Å². The molecule has 0 saturated heterocycles. The highest BCUT2D eigenvalue weighted by Gasteiger charge is 2.15. The zero-order chi connectivity index (χ0) is 12.0. The Hall–Kier alpha value is -1.15. The van der Waals surface area contributed by atoms with Crippen molar-refractivity contribution in [2.75, 3.05) is 0 Å². The molecule has 0 aromatic heterocycles. The monoisotopic (exact) mass is 234 g/mol. The van der Waals surface area contributed by atoms with Gasteiger partial charge in [0, 0.05) is 10.2 Å². The van der Waals surface area contributed by atoms with E-state index in [9.17, 15) is 4.21 Å². The van der Waals surface area contributed by atoms with E-state index in [0.717, 1.165) is 5.56 Å². The van der Waals surface area contributed by atoms with E-state index in [1.807, 2.05) is 69.3 Å². The molecule has 0 heterocycles. The molecule has 1 atom stereocenters. The van der Waals surface area contributed by atoms with Crippen LogP contribution in [-0.2, 0) is 10.8 Å². The van der Waals surface area contributed by atoms with Gasteiger partial charge in [0.2, 0.25) is 0 Å².